The number of hydrogen-bond acceptors (Lipinski definition) is 5. The molecule has 6 heteroatoms. The highest BCUT2D eigenvalue weighted by atomic mass is 16.5. The minimum absolute atomic E-state index is 0.0176. The molecule has 0 aliphatic heterocycles. The van der Waals surface area contributed by atoms with Crippen LogP contribution in [0.1, 0.15) is 22.8 Å². The average Bonchev–Trinajstić information content (AvgIpc) is 2.51. The minimum Gasteiger partial charge on any atom is -0.507 e. The lowest BCUT2D eigenvalue weighted by atomic mass is 10.2. The number of phenols is 2. The fourth-order valence-corrected chi connectivity index (χ4v) is 1.78. The molecule has 1 amide bonds. The van der Waals surface area contributed by atoms with Gasteiger partial charge in [-0.15, -0.1) is 0 Å². The summed E-state index contributed by atoms with van der Waals surface area (Å²) in [4.78, 5) is 11.8. The van der Waals surface area contributed by atoms with Gasteiger partial charge in [0.05, 0.1) is 18.4 Å². The molecule has 0 saturated carbocycles. The second-order valence-electron chi connectivity index (χ2n) is 4.37. The van der Waals surface area contributed by atoms with Gasteiger partial charge in [-0.05, 0) is 37.3 Å². The van der Waals surface area contributed by atoms with Crippen molar-refractivity contribution in [3.05, 3.63) is 53.6 Å². The number of amides is 1. The number of carbonyl (C=O) groups excluding carboxylic acids is 1. The van der Waals surface area contributed by atoms with E-state index >= 15 is 0 Å². The molecule has 114 valence electrons. The summed E-state index contributed by atoms with van der Waals surface area (Å²) in [7, 11) is 0. The summed E-state index contributed by atoms with van der Waals surface area (Å²) in [6, 6.07) is 10.9. The van der Waals surface area contributed by atoms with E-state index in [1.807, 2.05) is 6.92 Å². The summed E-state index contributed by atoms with van der Waals surface area (Å²) in [6.07, 6.45) is 1.30. The first-order valence-corrected chi connectivity index (χ1v) is 6.69. The molecule has 0 aromatic heterocycles. The topological polar surface area (TPSA) is 91.2 Å². The van der Waals surface area contributed by atoms with Crippen molar-refractivity contribution >= 4 is 12.1 Å². The third kappa shape index (κ3) is 3.76. The van der Waals surface area contributed by atoms with Crippen LogP contribution in [-0.2, 0) is 0 Å². The maximum Gasteiger partial charge on any atom is 0.275 e. The van der Waals surface area contributed by atoms with E-state index < -0.39 is 5.91 Å². The summed E-state index contributed by atoms with van der Waals surface area (Å²) >= 11 is 0. The minimum atomic E-state index is -0.546. The van der Waals surface area contributed by atoms with Gasteiger partial charge in [-0.1, -0.05) is 12.1 Å². The molecule has 2 rings (SSSR count). The molecule has 6 nitrogen and oxygen atoms in total. The molecule has 0 saturated heterocycles. The zero-order valence-corrected chi connectivity index (χ0v) is 12.0. The van der Waals surface area contributed by atoms with Gasteiger partial charge in [0.1, 0.15) is 17.2 Å². The van der Waals surface area contributed by atoms with Crippen LogP contribution in [0.5, 0.6) is 17.2 Å². The number of aromatic hydroxyl groups is 2. The number of benzene rings is 2. The van der Waals surface area contributed by atoms with E-state index in [9.17, 15) is 15.0 Å². The lowest BCUT2D eigenvalue weighted by molar-refractivity contribution is 0.0952. The number of rotatable bonds is 5. The van der Waals surface area contributed by atoms with E-state index in [4.69, 9.17) is 4.74 Å². The summed E-state index contributed by atoms with van der Waals surface area (Å²) < 4.78 is 5.32. The Balaban J connectivity index is 2.08. The van der Waals surface area contributed by atoms with Crippen LogP contribution in [0.2, 0.25) is 0 Å². The molecule has 2 aromatic carbocycles. The molecule has 0 atom stereocenters. The molecule has 0 fully saturated rings. The second kappa shape index (κ2) is 7.12. The molecular weight excluding hydrogens is 284 g/mol. The third-order valence-corrected chi connectivity index (χ3v) is 2.83. The Bertz CT molecular complexity index is 698. The Morgan fingerprint density at radius 1 is 1.23 bits per heavy atom. The van der Waals surface area contributed by atoms with E-state index in [-0.39, 0.29) is 17.1 Å². The molecule has 3 N–H and O–H groups in total. The van der Waals surface area contributed by atoms with Crippen LogP contribution in [0.3, 0.4) is 0 Å². The van der Waals surface area contributed by atoms with Crippen LogP contribution in [0, 0.1) is 0 Å². The molecule has 0 aliphatic carbocycles. The first-order valence-electron chi connectivity index (χ1n) is 6.69. The highest BCUT2D eigenvalue weighted by Gasteiger charge is 2.08. The molecule has 0 bridgehead atoms. The molecule has 0 radical (unpaired) electrons. The Morgan fingerprint density at radius 3 is 2.73 bits per heavy atom. The molecule has 0 heterocycles. The van der Waals surface area contributed by atoms with Gasteiger partial charge < -0.3 is 14.9 Å². The average molecular weight is 300 g/mol. The summed E-state index contributed by atoms with van der Waals surface area (Å²) in [6.45, 7) is 2.36. The van der Waals surface area contributed by atoms with Crippen LogP contribution in [0.4, 0.5) is 0 Å². The van der Waals surface area contributed by atoms with Gasteiger partial charge in [0.15, 0.2) is 0 Å². The van der Waals surface area contributed by atoms with E-state index in [1.54, 1.807) is 24.3 Å². The lowest BCUT2D eigenvalue weighted by Crippen LogP contribution is -2.17. The Labute approximate surface area is 127 Å². The number of nitrogens with one attached hydrogen (secondary N) is 1. The van der Waals surface area contributed by atoms with Gasteiger partial charge >= 0.3 is 0 Å². The van der Waals surface area contributed by atoms with Crippen molar-refractivity contribution < 1.29 is 19.7 Å². The van der Waals surface area contributed by atoms with Crippen molar-refractivity contribution in [2.45, 2.75) is 6.92 Å². The van der Waals surface area contributed by atoms with Crippen LogP contribution < -0.4 is 10.2 Å². The Morgan fingerprint density at radius 2 is 2.00 bits per heavy atom. The predicted octanol–water partition coefficient (Wildman–Crippen LogP) is 2.26. The van der Waals surface area contributed by atoms with Crippen molar-refractivity contribution in [1.29, 1.82) is 0 Å². The van der Waals surface area contributed by atoms with Crippen molar-refractivity contribution in [3.8, 4) is 17.2 Å². The Kier molecular flexibility index (Phi) is 4.98. The SMILES string of the molecule is CCOc1ccc(O)c(/C=N/NC(=O)c2ccccc2O)c1. The highest BCUT2D eigenvalue weighted by molar-refractivity contribution is 5.97. The molecule has 0 unspecified atom stereocenters. The third-order valence-electron chi connectivity index (χ3n) is 2.83. The first kappa shape index (κ1) is 15.4. The second-order valence-corrected chi connectivity index (χ2v) is 4.37. The van der Waals surface area contributed by atoms with Gasteiger partial charge in [-0.2, -0.15) is 5.10 Å². The predicted molar refractivity (Wildman–Crippen MR) is 82.4 cm³/mol. The smallest absolute Gasteiger partial charge is 0.275 e. The fourth-order valence-electron chi connectivity index (χ4n) is 1.78. The monoisotopic (exact) mass is 300 g/mol. The quantitative estimate of drug-likeness (QED) is 0.583. The zero-order valence-electron chi connectivity index (χ0n) is 12.0. The summed E-state index contributed by atoms with van der Waals surface area (Å²) in [5, 5.41) is 23.1. The van der Waals surface area contributed by atoms with Gasteiger partial charge in [-0.3, -0.25) is 4.79 Å². The van der Waals surface area contributed by atoms with Crippen molar-refractivity contribution in [2.75, 3.05) is 6.61 Å². The number of nitrogens with zero attached hydrogens (tertiary/aromatic N) is 1. The largest absolute Gasteiger partial charge is 0.507 e. The fraction of sp³-hybridized carbons (Fsp3) is 0.125. The lowest BCUT2D eigenvalue weighted by Gasteiger charge is -2.05. The zero-order chi connectivity index (χ0) is 15.9. The van der Waals surface area contributed by atoms with Crippen LogP contribution in [0.25, 0.3) is 0 Å². The van der Waals surface area contributed by atoms with E-state index in [1.165, 1.54) is 24.4 Å². The number of carbonyl (C=O) groups is 1. The van der Waals surface area contributed by atoms with Crippen LogP contribution in [0.15, 0.2) is 47.6 Å². The van der Waals surface area contributed by atoms with Gasteiger partial charge in [0.2, 0.25) is 0 Å². The number of ether oxygens (including phenoxy) is 1. The number of hydrazone groups is 1. The summed E-state index contributed by atoms with van der Waals surface area (Å²) in [5.74, 6) is -0.0658. The van der Waals surface area contributed by atoms with E-state index in [0.29, 0.717) is 17.9 Å². The van der Waals surface area contributed by atoms with Gasteiger partial charge in [0.25, 0.3) is 5.91 Å². The molecule has 2 aromatic rings. The highest BCUT2D eigenvalue weighted by Crippen LogP contribution is 2.21. The normalized spacial score (nSPS) is 10.6. The van der Waals surface area contributed by atoms with E-state index in [2.05, 4.69) is 10.5 Å². The molecule has 0 aliphatic rings. The summed E-state index contributed by atoms with van der Waals surface area (Å²) in [5.41, 5.74) is 2.81. The van der Waals surface area contributed by atoms with Crippen molar-refractivity contribution in [3.63, 3.8) is 0 Å². The maximum absolute atomic E-state index is 11.8. The van der Waals surface area contributed by atoms with Gasteiger partial charge in [-0.25, -0.2) is 5.43 Å². The number of para-hydroxylation sites is 1. The molecule has 0 spiro atoms. The van der Waals surface area contributed by atoms with Crippen LogP contribution in [-0.4, -0.2) is 28.9 Å². The standard InChI is InChI=1S/C16H16N2O4/c1-2-22-12-7-8-14(19)11(9-12)10-17-18-16(21)13-5-3-4-6-15(13)20/h3-10,19-20H,2H2,1H3,(H,18,21)/b17-10+. The van der Waals surface area contributed by atoms with Crippen molar-refractivity contribution in [1.82, 2.24) is 5.43 Å². The van der Waals surface area contributed by atoms with Crippen molar-refractivity contribution in [2.24, 2.45) is 5.10 Å². The number of hydrogen-bond donors (Lipinski definition) is 3. The Hall–Kier alpha value is -3.02. The molecular formula is C16H16N2O4. The van der Waals surface area contributed by atoms with Crippen LogP contribution >= 0.6 is 0 Å². The van der Waals surface area contributed by atoms with Gasteiger partial charge in [0, 0.05) is 5.56 Å². The van der Waals surface area contributed by atoms with E-state index in [0.717, 1.165) is 0 Å². The molecule has 22 heavy (non-hydrogen) atoms. The first-order chi connectivity index (χ1) is 10.6. The maximum atomic E-state index is 11.8. The number of phenolic OH excluding ortho intramolecular Hbond substituents is 2.